The molecule has 0 unspecified atom stereocenters. The molecule has 4 aliphatic heterocycles. The predicted octanol–water partition coefficient (Wildman–Crippen LogP) is 33.2. The van der Waals surface area contributed by atoms with E-state index in [0.29, 0.717) is 0 Å². The summed E-state index contributed by atoms with van der Waals surface area (Å²) in [4.78, 5) is 10.5. The zero-order valence-corrected chi connectivity index (χ0v) is 90.5. The molecule has 12 aromatic carbocycles. The van der Waals surface area contributed by atoms with Gasteiger partial charge < -0.3 is 18.6 Å². The standard InChI is InChI=1S/C131H152B2N4O2/c1-77-63-106-114-108(65-77)136(104-75-99-97(128(27,28)59-61-130(99,31)32)73-101(104)132(114)112-93-70-86(122(13,14)15)45-53-110(93)138-117(112)134(106)89-47-40-82(41-48-89)119(4,5)6)103-52-44-85(121(10,11)12)69-91(103)80-35-38-84(39-36-80)124(19,20)55-56-125(21,22)87-46-54-111-94(71-87)113-118(139-111)135(90-49-42-83(43-50-90)120(7,8)9)107-64-78(2)66-109-115(107)133(113)102-74-98-100(131(33,34)62-60-129(98,29)30)76-105(102)137(109)116-79(3)67-88(123(16,17)18)72-92(116)81-37-51-95-96(68-81)127(25,26)58-57-126(95,23)24/h35-54,63-76H,55-62H2,1-34H3. The van der Waals surface area contributed by atoms with Crippen LogP contribution in [0.4, 0.5) is 68.6 Å². The highest BCUT2D eigenvalue weighted by molar-refractivity contribution is 7.02. The smallest absolute Gasteiger partial charge is 0.257 e. The average molecular weight is 1840 g/mol. The zero-order valence-electron chi connectivity index (χ0n) is 90.5. The first-order valence-corrected chi connectivity index (χ1v) is 52.5. The average Bonchev–Trinajstić information content (AvgIpc) is 1.65. The van der Waals surface area contributed by atoms with E-state index in [0.717, 1.165) is 79.3 Å². The van der Waals surface area contributed by atoms with Gasteiger partial charge in [0.25, 0.3) is 13.4 Å². The van der Waals surface area contributed by atoms with Gasteiger partial charge in [0.15, 0.2) is 0 Å². The van der Waals surface area contributed by atoms with Crippen molar-refractivity contribution in [3.8, 4) is 22.3 Å². The van der Waals surface area contributed by atoms with E-state index in [4.69, 9.17) is 8.83 Å². The number of fused-ring (bicyclic) bond motifs is 15. The van der Waals surface area contributed by atoms with Gasteiger partial charge in [-0.25, -0.2) is 0 Å². The van der Waals surface area contributed by atoms with Crippen LogP contribution in [0.15, 0.2) is 215 Å². The van der Waals surface area contributed by atoms with Crippen LogP contribution in [-0.4, -0.2) is 13.4 Å². The summed E-state index contributed by atoms with van der Waals surface area (Å²) in [5, 5.41) is 2.37. The summed E-state index contributed by atoms with van der Waals surface area (Å²) in [6, 6.07) is 84.0. The summed E-state index contributed by atoms with van der Waals surface area (Å²) in [6.45, 7) is 81.9. The minimum Gasteiger partial charge on any atom is -0.440 e. The Hall–Kier alpha value is -11.0. The highest BCUT2D eigenvalue weighted by Crippen LogP contribution is 2.59. The van der Waals surface area contributed by atoms with Crippen LogP contribution in [0.25, 0.3) is 44.2 Å². The van der Waals surface area contributed by atoms with Gasteiger partial charge in [0.2, 0.25) is 11.8 Å². The Labute approximate surface area is 834 Å². The molecular weight excluding hydrogens is 1680 g/mol. The molecule has 0 N–H and O–H groups in total. The second kappa shape index (κ2) is 31.0. The lowest BCUT2D eigenvalue weighted by atomic mass is 9.33. The summed E-state index contributed by atoms with van der Waals surface area (Å²) >= 11 is 0. The number of furan rings is 2. The maximum Gasteiger partial charge on any atom is 0.257 e. The molecule has 14 aromatic rings. The quantitative estimate of drug-likeness (QED) is 0.120. The molecule has 0 amide bonds. The van der Waals surface area contributed by atoms with E-state index in [-0.39, 0.29) is 83.8 Å². The summed E-state index contributed by atoms with van der Waals surface area (Å²) in [6.07, 6.45) is 8.70. The fourth-order valence-electron chi connectivity index (χ4n) is 25.5. The number of benzene rings is 12. The van der Waals surface area contributed by atoms with Gasteiger partial charge in [0, 0.05) is 78.3 Å². The van der Waals surface area contributed by atoms with Crippen LogP contribution in [0, 0.1) is 20.8 Å². The van der Waals surface area contributed by atoms with Crippen molar-refractivity contribution in [1.29, 1.82) is 0 Å². The lowest BCUT2D eigenvalue weighted by Crippen LogP contribution is -2.61. The third-order valence-electron chi connectivity index (χ3n) is 35.2. The summed E-state index contributed by atoms with van der Waals surface area (Å²) in [5.41, 5.74) is 47.3. The molecule has 0 radical (unpaired) electrons. The second-order valence-corrected chi connectivity index (χ2v) is 54.3. The van der Waals surface area contributed by atoms with Crippen LogP contribution in [0.2, 0.25) is 0 Å². The summed E-state index contributed by atoms with van der Waals surface area (Å²) in [7, 11) is 0. The Kier molecular flexibility index (Phi) is 21.1. The number of nitrogens with zero attached hydrogens (tertiary/aromatic N) is 4. The van der Waals surface area contributed by atoms with Gasteiger partial charge in [0.05, 0.1) is 11.4 Å². The molecule has 8 heteroatoms. The van der Waals surface area contributed by atoms with E-state index in [9.17, 15) is 0 Å². The SMILES string of the molecule is Cc1cc2c3c(c1)N(c1ccc(C(C)(C)C)cc1)c1oc4ccc(C(C)(C)C)cc4c1B3c1cc3c(cc1N2c1ccc(C(C)(C)C)cc1-c1ccc(C(C)(C)CCC(C)(C)c2ccc4oc5c(c4c2)B2c4cc6c(cc4N(c4c(C)cc(C(C)(C)C)cc4-c4ccc7c(c4)C(C)(C)CCC7(C)C)c4cc(C)cc(c42)N5c2ccc(C(C)(C)C)cc2)C(C)(C)CCC6(C)C)cc1)C(C)(C)CCC3(C)C. The van der Waals surface area contributed by atoms with Gasteiger partial charge in [-0.2, -0.15) is 0 Å². The summed E-state index contributed by atoms with van der Waals surface area (Å²) in [5.74, 6) is 1.81. The van der Waals surface area contributed by atoms with Gasteiger partial charge in [-0.1, -0.05) is 318 Å². The molecule has 21 rings (SSSR count). The zero-order chi connectivity index (χ0) is 99.3. The minimum atomic E-state index is -0.252. The lowest BCUT2D eigenvalue weighted by Gasteiger charge is -2.47. The van der Waals surface area contributed by atoms with E-state index in [1.165, 1.54) is 207 Å². The number of aryl methyl sites for hydroxylation is 3. The molecule has 0 saturated carbocycles. The molecule has 0 spiro atoms. The van der Waals surface area contributed by atoms with E-state index >= 15 is 0 Å². The van der Waals surface area contributed by atoms with E-state index in [1.807, 2.05) is 0 Å². The number of hydrogen-bond acceptors (Lipinski definition) is 6. The molecule has 6 heterocycles. The molecular formula is C131H152B2N4O2. The van der Waals surface area contributed by atoms with Crippen molar-refractivity contribution in [3.05, 3.63) is 295 Å². The molecule has 6 nitrogen and oxygen atoms in total. The van der Waals surface area contributed by atoms with E-state index in [1.54, 1.807) is 0 Å². The predicted molar refractivity (Wildman–Crippen MR) is 600 cm³/mol. The monoisotopic (exact) mass is 1840 g/mol. The molecule has 2 aromatic heterocycles. The van der Waals surface area contributed by atoms with Gasteiger partial charge in [0.1, 0.15) is 11.2 Å². The van der Waals surface area contributed by atoms with Gasteiger partial charge in [-0.15, -0.1) is 0 Å². The van der Waals surface area contributed by atoms with E-state index < -0.39 is 0 Å². The molecule has 139 heavy (non-hydrogen) atoms. The van der Waals surface area contributed by atoms with Gasteiger partial charge in [-0.3, -0.25) is 9.80 Å². The molecule has 0 atom stereocenters. The summed E-state index contributed by atoms with van der Waals surface area (Å²) < 4.78 is 15.3. The lowest BCUT2D eigenvalue weighted by molar-refractivity contribution is 0.332. The van der Waals surface area contributed by atoms with Crippen LogP contribution < -0.4 is 52.4 Å². The Balaban J connectivity index is 0.694. The largest absolute Gasteiger partial charge is 0.440 e. The van der Waals surface area contributed by atoms with Crippen molar-refractivity contribution in [2.24, 2.45) is 0 Å². The van der Waals surface area contributed by atoms with Crippen LogP contribution in [0.3, 0.4) is 0 Å². The fraction of sp³-hybridized carbons (Fsp3) is 0.420. The normalized spacial score (nSPS) is 17.6. The van der Waals surface area contributed by atoms with Crippen LogP contribution in [0.5, 0.6) is 0 Å². The number of hydrogen-bond donors (Lipinski definition) is 0. The first-order valence-electron chi connectivity index (χ1n) is 52.5. The molecule has 714 valence electrons. The third kappa shape index (κ3) is 15.2. The van der Waals surface area contributed by atoms with Gasteiger partial charge >= 0.3 is 0 Å². The van der Waals surface area contributed by atoms with Crippen molar-refractivity contribution in [2.75, 3.05) is 19.6 Å². The van der Waals surface area contributed by atoms with Crippen LogP contribution in [0.1, 0.15) is 355 Å². The third-order valence-corrected chi connectivity index (χ3v) is 35.2. The minimum absolute atomic E-state index is 0.0202. The second-order valence-electron chi connectivity index (χ2n) is 54.3. The van der Waals surface area contributed by atoms with Crippen LogP contribution in [-0.2, 0) is 70.4 Å². The van der Waals surface area contributed by atoms with Crippen molar-refractivity contribution in [3.63, 3.8) is 0 Å². The highest BCUT2D eigenvalue weighted by Gasteiger charge is 2.54. The first kappa shape index (κ1) is 94.3. The van der Waals surface area contributed by atoms with Gasteiger partial charge in [-0.05, 0) is 368 Å². The molecule has 0 fully saturated rings. The van der Waals surface area contributed by atoms with E-state index in [2.05, 4.69) is 461 Å². The number of rotatable bonds is 11. The van der Waals surface area contributed by atoms with Crippen molar-refractivity contribution in [2.45, 2.75) is 357 Å². The Morgan fingerprint density at radius 3 is 1.04 bits per heavy atom. The van der Waals surface area contributed by atoms with Crippen molar-refractivity contribution < 1.29 is 8.83 Å². The van der Waals surface area contributed by atoms with Crippen molar-refractivity contribution >= 4 is 137 Å². The first-order chi connectivity index (χ1) is 64.7. The fourth-order valence-corrected chi connectivity index (χ4v) is 25.5. The Bertz CT molecular complexity index is 7430. The van der Waals surface area contributed by atoms with Crippen LogP contribution >= 0.6 is 0 Å². The van der Waals surface area contributed by atoms with Crippen molar-refractivity contribution in [1.82, 2.24) is 0 Å². The topological polar surface area (TPSA) is 39.2 Å². The molecule has 7 aliphatic rings. The Morgan fingerprint density at radius 2 is 0.604 bits per heavy atom. The molecule has 3 aliphatic carbocycles. The number of anilines is 12. The highest BCUT2D eigenvalue weighted by atomic mass is 16.4. The molecule has 0 bridgehead atoms. The molecule has 0 saturated heterocycles. The maximum atomic E-state index is 7.78. The Morgan fingerprint density at radius 1 is 0.266 bits per heavy atom. The maximum absolute atomic E-state index is 7.78.